The van der Waals surface area contributed by atoms with Gasteiger partial charge in [-0.3, -0.25) is 0 Å². The van der Waals surface area contributed by atoms with E-state index in [2.05, 4.69) is 0 Å². The van der Waals surface area contributed by atoms with Gasteiger partial charge in [0.2, 0.25) is 0 Å². The summed E-state index contributed by atoms with van der Waals surface area (Å²) in [7, 11) is -9.07. The molecule has 0 aliphatic heterocycles. The van der Waals surface area contributed by atoms with Crippen LogP contribution in [0.25, 0.3) is 11.1 Å². The van der Waals surface area contributed by atoms with E-state index in [0.717, 1.165) is 0 Å². The molecule has 0 aliphatic rings. The van der Waals surface area contributed by atoms with Crippen molar-refractivity contribution in [3.63, 3.8) is 0 Å². The van der Waals surface area contributed by atoms with Gasteiger partial charge in [-0.25, -0.2) is 0 Å². The summed E-state index contributed by atoms with van der Waals surface area (Å²) in [4.78, 5) is -1.01. The van der Waals surface area contributed by atoms with Crippen LogP contribution in [0.3, 0.4) is 0 Å². The van der Waals surface area contributed by atoms with Crippen LogP contribution in [0.15, 0.2) is 119 Å². The molecule has 0 amide bonds. The van der Waals surface area contributed by atoms with Crippen molar-refractivity contribution in [3.05, 3.63) is 109 Å². The molecule has 0 aromatic heterocycles. The second-order valence-corrected chi connectivity index (χ2v) is 9.70. The molecular weight excluding hydrogens is 471 g/mol. The van der Waals surface area contributed by atoms with Crippen molar-refractivity contribution in [2.24, 2.45) is 0 Å². The molecule has 4 aromatic rings. The van der Waals surface area contributed by atoms with Gasteiger partial charge in [0.25, 0.3) is 0 Å². The monoisotopic (exact) mass is 489 g/mol. The Kier molecular flexibility index (Phi) is 7.99. The van der Waals surface area contributed by atoms with E-state index in [1.165, 1.54) is 42.5 Å². The number of benzene rings is 4. The first-order valence-electron chi connectivity index (χ1n) is 9.54. The molecule has 0 unspecified atom stereocenters. The van der Waals surface area contributed by atoms with Crippen molar-refractivity contribution in [2.75, 3.05) is 0 Å². The van der Waals surface area contributed by atoms with E-state index in [0.29, 0.717) is 5.56 Å². The molecule has 9 heteroatoms. The van der Waals surface area contributed by atoms with Crippen molar-refractivity contribution < 1.29 is 25.2 Å². The van der Waals surface area contributed by atoms with Crippen molar-refractivity contribution in [1.29, 1.82) is 0 Å². The quantitative estimate of drug-likeness (QED) is 0.281. The standard InChI is InChI=1S/C24H18O6S2.Na/c25-31(26,29-20-13-6-2-7-14-20)23-18-10-17-22(19-11-4-1-5-12-19)24(23)32(27,28)30-21-15-8-3-9-16-21;/h1-18H;. The van der Waals surface area contributed by atoms with E-state index < -0.39 is 30.0 Å². The van der Waals surface area contributed by atoms with E-state index in [1.807, 2.05) is 0 Å². The molecule has 33 heavy (non-hydrogen) atoms. The Hall–Kier alpha value is -2.62. The second-order valence-electron chi connectivity index (χ2n) is 6.70. The summed E-state index contributed by atoms with van der Waals surface area (Å²) >= 11 is 0. The molecule has 0 saturated heterocycles. The van der Waals surface area contributed by atoms with Crippen LogP contribution in [0, 0.1) is 0 Å². The first-order valence-corrected chi connectivity index (χ1v) is 12.4. The molecule has 0 fully saturated rings. The van der Waals surface area contributed by atoms with Crippen molar-refractivity contribution in [1.82, 2.24) is 0 Å². The summed E-state index contributed by atoms with van der Waals surface area (Å²) in [5.41, 5.74) is 0.693. The fraction of sp³-hybridized carbons (Fsp3) is 0. The Morgan fingerprint density at radius 1 is 0.485 bits per heavy atom. The second kappa shape index (κ2) is 10.5. The summed E-state index contributed by atoms with van der Waals surface area (Å²) in [6, 6.07) is 28.5. The van der Waals surface area contributed by atoms with Crippen molar-refractivity contribution >= 4 is 49.8 Å². The topological polar surface area (TPSA) is 86.7 Å². The zero-order valence-electron chi connectivity index (χ0n) is 17.7. The number of hydrogen-bond donors (Lipinski definition) is 0. The number of hydrogen-bond acceptors (Lipinski definition) is 6. The molecule has 0 saturated carbocycles. The zero-order valence-corrected chi connectivity index (χ0v) is 21.3. The molecule has 0 spiro atoms. The maximum atomic E-state index is 13.4. The van der Waals surface area contributed by atoms with Gasteiger partial charge in [0.1, 0.15) is 21.3 Å². The SMILES string of the molecule is O=S(=O)(Oc1ccccc1)c1cccc(-c2ccccc2)c1S(=O)(=O)Oc1ccccc1.[Na]. The smallest absolute Gasteiger partial charge is 0.341 e. The van der Waals surface area contributed by atoms with Crippen LogP contribution in [0.2, 0.25) is 0 Å². The molecule has 163 valence electrons. The Bertz CT molecular complexity index is 1420. The van der Waals surface area contributed by atoms with Crippen LogP contribution in [0.5, 0.6) is 11.5 Å². The minimum Gasteiger partial charge on any atom is -0.379 e. The normalized spacial score (nSPS) is 11.3. The van der Waals surface area contributed by atoms with Crippen LogP contribution in [-0.4, -0.2) is 46.4 Å². The molecule has 0 atom stereocenters. The molecule has 1 radical (unpaired) electrons. The molecule has 4 rings (SSSR count). The van der Waals surface area contributed by atoms with E-state index >= 15 is 0 Å². The molecule has 0 heterocycles. The van der Waals surface area contributed by atoms with Crippen LogP contribution in [0.1, 0.15) is 0 Å². The van der Waals surface area contributed by atoms with Crippen molar-refractivity contribution in [3.8, 4) is 22.6 Å². The Morgan fingerprint density at radius 2 is 0.939 bits per heavy atom. The van der Waals surface area contributed by atoms with E-state index in [1.54, 1.807) is 66.7 Å². The van der Waals surface area contributed by atoms with Gasteiger partial charge in [-0.1, -0.05) is 78.9 Å². The largest absolute Gasteiger partial charge is 0.379 e. The summed E-state index contributed by atoms with van der Waals surface area (Å²) in [5, 5.41) is 0. The molecule has 0 N–H and O–H groups in total. The van der Waals surface area contributed by atoms with Gasteiger partial charge in [-0.15, -0.1) is 0 Å². The van der Waals surface area contributed by atoms with Gasteiger partial charge >= 0.3 is 20.2 Å². The van der Waals surface area contributed by atoms with Gasteiger partial charge in [0, 0.05) is 35.1 Å². The minimum absolute atomic E-state index is 0. The molecule has 4 aromatic carbocycles. The van der Waals surface area contributed by atoms with Crippen LogP contribution >= 0.6 is 0 Å². The van der Waals surface area contributed by atoms with Gasteiger partial charge in [-0.2, -0.15) is 16.8 Å². The Labute approximate surface area is 215 Å². The molecule has 0 aliphatic carbocycles. The van der Waals surface area contributed by atoms with Crippen LogP contribution < -0.4 is 8.37 Å². The first kappa shape index (κ1) is 25.0. The maximum absolute atomic E-state index is 13.4. The fourth-order valence-corrected chi connectivity index (χ4v) is 5.97. The average molecular weight is 490 g/mol. The predicted molar refractivity (Wildman–Crippen MR) is 126 cm³/mol. The Balaban J connectivity index is 0.00000306. The van der Waals surface area contributed by atoms with Crippen LogP contribution in [0.4, 0.5) is 0 Å². The summed E-state index contributed by atoms with van der Waals surface area (Å²) in [5.74, 6) is 0.118. The number of para-hydroxylation sites is 2. The zero-order chi connectivity index (χ0) is 22.6. The van der Waals surface area contributed by atoms with Gasteiger partial charge in [0.15, 0.2) is 0 Å². The van der Waals surface area contributed by atoms with Gasteiger partial charge in [-0.05, 0) is 35.9 Å². The molecule has 6 nitrogen and oxygen atoms in total. The minimum atomic E-state index is -4.56. The summed E-state index contributed by atoms with van der Waals surface area (Å²) < 4.78 is 63.6. The molecular formula is C24H18NaO6S2. The summed E-state index contributed by atoms with van der Waals surface area (Å²) in [6.07, 6.45) is 0. The first-order chi connectivity index (χ1) is 15.4. The molecule has 0 bridgehead atoms. The van der Waals surface area contributed by atoms with E-state index in [-0.39, 0.29) is 46.6 Å². The third-order valence-electron chi connectivity index (χ3n) is 4.48. The van der Waals surface area contributed by atoms with Crippen LogP contribution in [-0.2, 0) is 20.2 Å². The predicted octanol–water partition coefficient (Wildman–Crippen LogP) is 4.51. The summed E-state index contributed by atoms with van der Waals surface area (Å²) in [6.45, 7) is 0. The Morgan fingerprint density at radius 3 is 1.45 bits per heavy atom. The van der Waals surface area contributed by atoms with E-state index in [9.17, 15) is 16.8 Å². The maximum Gasteiger partial charge on any atom is 0.341 e. The van der Waals surface area contributed by atoms with Gasteiger partial charge in [0.05, 0.1) is 0 Å². The fourth-order valence-electron chi connectivity index (χ4n) is 3.11. The van der Waals surface area contributed by atoms with Crippen molar-refractivity contribution in [2.45, 2.75) is 9.79 Å². The van der Waals surface area contributed by atoms with Gasteiger partial charge < -0.3 is 8.37 Å². The average Bonchev–Trinajstić information content (AvgIpc) is 2.80. The third kappa shape index (κ3) is 5.85. The number of rotatable bonds is 7. The van der Waals surface area contributed by atoms with E-state index in [4.69, 9.17) is 8.37 Å². The third-order valence-corrected chi connectivity index (χ3v) is 7.25.